The maximum Gasteiger partial charge on any atom is 0.160 e. The molecule has 2 nitrogen and oxygen atoms in total. The zero-order valence-corrected chi connectivity index (χ0v) is 34.7. The quantitative estimate of drug-likeness (QED) is 0.174. The molecule has 0 radical (unpaired) electrons. The van der Waals surface area contributed by atoms with Crippen LogP contribution >= 0.6 is 0 Å². The summed E-state index contributed by atoms with van der Waals surface area (Å²) in [6.45, 7) is 4.77. The summed E-state index contributed by atoms with van der Waals surface area (Å²) in [5.41, 5.74) is 20.1. The van der Waals surface area contributed by atoms with Gasteiger partial charge in [-0.25, -0.2) is 9.97 Å². The molecule has 9 aromatic carbocycles. The van der Waals surface area contributed by atoms with Gasteiger partial charge in [-0.3, -0.25) is 0 Å². The van der Waals surface area contributed by atoms with Crippen LogP contribution in [-0.4, -0.2) is 9.97 Å². The summed E-state index contributed by atoms with van der Waals surface area (Å²) in [5.74, 6) is 0.708. The fourth-order valence-corrected chi connectivity index (χ4v) is 10.8. The first-order valence-corrected chi connectivity index (χ1v) is 21.6. The van der Waals surface area contributed by atoms with Crippen molar-refractivity contribution in [2.45, 2.75) is 24.7 Å². The topological polar surface area (TPSA) is 25.8 Å². The second kappa shape index (κ2) is 13.9. The highest BCUT2D eigenvalue weighted by molar-refractivity contribution is 6.08. The third-order valence-electron chi connectivity index (χ3n) is 13.6. The SMILES string of the molecule is CC1(C)c2ccccc2C2(c3ccccc3-c3c(-c4ccc(-c5ccc(-c6nc(-c7ccccc7)cc(-c7ccccc7)n6)cc5)c5ccccc45)cccc32)c2ccccc21. The van der Waals surface area contributed by atoms with E-state index in [0.29, 0.717) is 5.82 Å². The van der Waals surface area contributed by atoms with Crippen molar-refractivity contribution >= 4 is 10.8 Å². The molecule has 0 fully saturated rings. The predicted molar refractivity (Wildman–Crippen MR) is 256 cm³/mol. The monoisotopic (exact) mass is 790 g/mol. The van der Waals surface area contributed by atoms with Gasteiger partial charge in [-0.05, 0) is 83.6 Å². The summed E-state index contributed by atoms with van der Waals surface area (Å²) < 4.78 is 0. The van der Waals surface area contributed by atoms with Crippen LogP contribution < -0.4 is 0 Å². The molecule has 2 heteroatoms. The molecule has 292 valence electrons. The molecule has 0 atom stereocenters. The van der Waals surface area contributed by atoms with Crippen molar-refractivity contribution in [3.8, 4) is 67.3 Å². The third-order valence-corrected chi connectivity index (χ3v) is 13.6. The molecule has 1 heterocycles. The Morgan fingerprint density at radius 3 is 1.37 bits per heavy atom. The molecule has 1 aromatic heterocycles. The van der Waals surface area contributed by atoms with Gasteiger partial charge in [-0.2, -0.15) is 0 Å². The molecule has 0 N–H and O–H groups in total. The molecule has 0 unspecified atom stereocenters. The Balaban J connectivity index is 1.00. The van der Waals surface area contributed by atoms with E-state index in [1.165, 1.54) is 72.0 Å². The summed E-state index contributed by atoms with van der Waals surface area (Å²) >= 11 is 0. The van der Waals surface area contributed by atoms with Crippen molar-refractivity contribution in [2.24, 2.45) is 0 Å². The number of hydrogen-bond donors (Lipinski definition) is 0. The van der Waals surface area contributed by atoms with Crippen molar-refractivity contribution < 1.29 is 0 Å². The Morgan fingerprint density at radius 2 is 0.758 bits per heavy atom. The number of aromatic nitrogens is 2. The number of benzene rings is 9. The van der Waals surface area contributed by atoms with Crippen LogP contribution in [0.25, 0.3) is 78.1 Å². The molecule has 0 saturated carbocycles. The van der Waals surface area contributed by atoms with E-state index in [0.717, 1.165) is 33.6 Å². The smallest absolute Gasteiger partial charge is 0.160 e. The van der Waals surface area contributed by atoms with Gasteiger partial charge in [0, 0.05) is 22.1 Å². The van der Waals surface area contributed by atoms with Gasteiger partial charge in [0.05, 0.1) is 16.8 Å². The summed E-state index contributed by atoms with van der Waals surface area (Å²) in [4.78, 5) is 10.2. The van der Waals surface area contributed by atoms with Gasteiger partial charge in [0.15, 0.2) is 5.82 Å². The summed E-state index contributed by atoms with van der Waals surface area (Å²) in [5, 5.41) is 2.46. The number of fused-ring (bicyclic) bond motifs is 10. The first kappa shape index (κ1) is 36.2. The highest BCUT2D eigenvalue weighted by Crippen LogP contribution is 2.63. The molecule has 2 aliphatic carbocycles. The van der Waals surface area contributed by atoms with E-state index in [4.69, 9.17) is 9.97 Å². The molecule has 62 heavy (non-hydrogen) atoms. The lowest BCUT2D eigenvalue weighted by molar-refractivity contribution is 0.563. The Morgan fingerprint density at radius 1 is 0.306 bits per heavy atom. The molecule has 10 aromatic rings. The highest BCUT2D eigenvalue weighted by atomic mass is 14.9. The fraction of sp³-hybridized carbons (Fsp3) is 0.0667. The minimum absolute atomic E-state index is 0.137. The van der Waals surface area contributed by atoms with Crippen LogP contribution in [-0.2, 0) is 10.8 Å². The van der Waals surface area contributed by atoms with Gasteiger partial charge in [-0.1, -0.05) is 226 Å². The summed E-state index contributed by atoms with van der Waals surface area (Å²) in [6.07, 6.45) is 0. The van der Waals surface area contributed by atoms with Crippen LogP contribution in [0.2, 0.25) is 0 Å². The summed E-state index contributed by atoms with van der Waals surface area (Å²) in [7, 11) is 0. The van der Waals surface area contributed by atoms with Gasteiger partial charge in [0.1, 0.15) is 0 Å². The first-order valence-electron chi connectivity index (χ1n) is 21.6. The van der Waals surface area contributed by atoms with Crippen LogP contribution in [0.3, 0.4) is 0 Å². The highest BCUT2D eigenvalue weighted by Gasteiger charge is 2.53. The average molecular weight is 791 g/mol. The molecule has 1 spiro atoms. The molecule has 2 aliphatic rings. The van der Waals surface area contributed by atoms with E-state index in [-0.39, 0.29) is 5.41 Å². The Hall–Kier alpha value is -7.68. The maximum atomic E-state index is 5.09. The van der Waals surface area contributed by atoms with Crippen LogP contribution in [0.5, 0.6) is 0 Å². The lowest BCUT2D eigenvalue weighted by Gasteiger charge is -2.46. The standard InChI is InChI=1S/C60H42N2/c1-59(2)50-27-13-15-29-52(50)60(53-30-16-14-28-51(53)59)49-26-12-11-24-48(49)57-47(25-17-31-54(57)60)46-37-36-43(44-22-9-10-23-45(44)46)39-32-34-42(35-33-39)58-61-55(40-18-5-3-6-19-40)38-56(62-58)41-20-7-4-8-21-41/h3-38H,1-2H3. The van der Waals surface area contributed by atoms with E-state index >= 15 is 0 Å². The molecule has 0 aliphatic heterocycles. The molecule has 0 amide bonds. The van der Waals surface area contributed by atoms with Gasteiger partial charge in [0.2, 0.25) is 0 Å². The molecule has 12 rings (SSSR count). The van der Waals surface area contributed by atoms with E-state index < -0.39 is 5.41 Å². The number of nitrogens with zero attached hydrogens (tertiary/aromatic N) is 2. The third kappa shape index (κ3) is 5.29. The van der Waals surface area contributed by atoms with E-state index in [2.05, 4.69) is 220 Å². The second-order valence-electron chi connectivity index (χ2n) is 17.2. The van der Waals surface area contributed by atoms with Crippen molar-refractivity contribution in [2.75, 3.05) is 0 Å². The zero-order chi connectivity index (χ0) is 41.4. The lowest BCUT2D eigenvalue weighted by Crippen LogP contribution is -2.40. The molecular formula is C60H42N2. The maximum absolute atomic E-state index is 5.09. The van der Waals surface area contributed by atoms with Crippen LogP contribution in [0.1, 0.15) is 47.2 Å². The van der Waals surface area contributed by atoms with Gasteiger partial charge in [0.25, 0.3) is 0 Å². The predicted octanol–water partition coefficient (Wildman–Crippen LogP) is 15.0. The van der Waals surface area contributed by atoms with E-state index in [9.17, 15) is 0 Å². The van der Waals surface area contributed by atoms with Crippen molar-refractivity contribution in [1.82, 2.24) is 9.97 Å². The van der Waals surface area contributed by atoms with Gasteiger partial charge < -0.3 is 0 Å². The average Bonchev–Trinajstić information content (AvgIpc) is 3.65. The van der Waals surface area contributed by atoms with Crippen molar-refractivity contribution in [1.29, 1.82) is 0 Å². The zero-order valence-electron chi connectivity index (χ0n) is 34.7. The van der Waals surface area contributed by atoms with Crippen LogP contribution in [0, 0.1) is 0 Å². The molecular weight excluding hydrogens is 749 g/mol. The largest absolute Gasteiger partial charge is 0.228 e. The summed E-state index contributed by atoms with van der Waals surface area (Å²) in [6, 6.07) is 79.7. The van der Waals surface area contributed by atoms with Gasteiger partial charge >= 0.3 is 0 Å². The van der Waals surface area contributed by atoms with Crippen LogP contribution in [0.4, 0.5) is 0 Å². The number of hydrogen-bond acceptors (Lipinski definition) is 2. The Kier molecular flexibility index (Phi) is 8.14. The van der Waals surface area contributed by atoms with Crippen molar-refractivity contribution in [3.63, 3.8) is 0 Å². The molecule has 0 saturated heterocycles. The van der Waals surface area contributed by atoms with E-state index in [1.807, 2.05) is 12.1 Å². The Bertz CT molecular complexity index is 3260. The first-order chi connectivity index (χ1) is 30.5. The fourth-order valence-electron chi connectivity index (χ4n) is 10.8. The second-order valence-corrected chi connectivity index (χ2v) is 17.2. The lowest BCUT2D eigenvalue weighted by atomic mass is 9.55. The minimum Gasteiger partial charge on any atom is -0.228 e. The number of rotatable bonds is 5. The van der Waals surface area contributed by atoms with Gasteiger partial charge in [-0.15, -0.1) is 0 Å². The normalized spacial score (nSPS) is 13.9. The minimum atomic E-state index is -0.436. The molecule has 0 bridgehead atoms. The van der Waals surface area contributed by atoms with Crippen molar-refractivity contribution in [3.05, 3.63) is 252 Å². The van der Waals surface area contributed by atoms with Crippen LogP contribution in [0.15, 0.2) is 218 Å². The van der Waals surface area contributed by atoms with E-state index in [1.54, 1.807) is 0 Å². The Labute approximate surface area is 362 Å².